The summed E-state index contributed by atoms with van der Waals surface area (Å²) in [6.07, 6.45) is 2.93. The molecule has 21 heavy (non-hydrogen) atoms. The van der Waals surface area contributed by atoms with E-state index in [1.165, 1.54) is 5.56 Å². The third-order valence-electron chi connectivity index (χ3n) is 3.70. The highest BCUT2D eigenvalue weighted by Gasteiger charge is 2.26. The van der Waals surface area contributed by atoms with Crippen LogP contribution in [-0.4, -0.2) is 43.3 Å². The van der Waals surface area contributed by atoms with Gasteiger partial charge in [0, 0.05) is 24.2 Å². The Balaban J connectivity index is 1.61. The lowest BCUT2D eigenvalue weighted by Gasteiger charge is -2.16. The van der Waals surface area contributed by atoms with Crippen LogP contribution in [0.15, 0.2) is 24.3 Å². The third-order valence-corrected chi connectivity index (χ3v) is 3.95. The van der Waals surface area contributed by atoms with E-state index in [9.17, 15) is 4.79 Å². The van der Waals surface area contributed by atoms with Crippen molar-refractivity contribution in [1.29, 1.82) is 0 Å². The maximum absolute atomic E-state index is 11.6. The minimum Gasteiger partial charge on any atom is -0.450 e. The average Bonchev–Trinajstić information content (AvgIpc) is 2.95. The van der Waals surface area contributed by atoms with Crippen molar-refractivity contribution in [3.8, 4) is 0 Å². The Kier molecular flexibility index (Phi) is 6.33. The molecule has 1 heterocycles. The molecule has 0 radical (unpaired) electrons. The number of amides is 1. The second-order valence-electron chi connectivity index (χ2n) is 5.31. The number of ether oxygens (including phenoxy) is 1. The fourth-order valence-corrected chi connectivity index (χ4v) is 2.68. The maximum Gasteiger partial charge on any atom is 0.409 e. The van der Waals surface area contributed by atoms with Gasteiger partial charge in [-0.25, -0.2) is 4.79 Å². The molecule has 116 valence electrons. The summed E-state index contributed by atoms with van der Waals surface area (Å²) in [5.74, 6) is 0. The number of hydrogen-bond acceptors (Lipinski definition) is 3. The van der Waals surface area contributed by atoms with E-state index in [-0.39, 0.29) is 6.09 Å². The number of carbonyl (C=O) groups excluding carboxylic acids is 1. The van der Waals surface area contributed by atoms with E-state index >= 15 is 0 Å². The first-order valence-corrected chi connectivity index (χ1v) is 7.96. The molecule has 0 aliphatic carbocycles. The Labute approximate surface area is 131 Å². The number of hydrogen-bond donors (Lipinski definition) is 1. The van der Waals surface area contributed by atoms with Crippen molar-refractivity contribution in [1.82, 2.24) is 10.2 Å². The summed E-state index contributed by atoms with van der Waals surface area (Å²) in [5.41, 5.74) is 1.31. The van der Waals surface area contributed by atoms with Gasteiger partial charge in [0.05, 0.1) is 6.61 Å². The van der Waals surface area contributed by atoms with E-state index in [4.69, 9.17) is 16.3 Å². The molecule has 2 rings (SSSR count). The van der Waals surface area contributed by atoms with Crippen molar-refractivity contribution in [2.75, 3.05) is 26.2 Å². The van der Waals surface area contributed by atoms with Crippen LogP contribution in [0.4, 0.5) is 4.79 Å². The zero-order valence-electron chi connectivity index (χ0n) is 12.5. The Morgan fingerprint density at radius 1 is 1.43 bits per heavy atom. The predicted molar refractivity (Wildman–Crippen MR) is 84.8 cm³/mol. The second-order valence-corrected chi connectivity index (χ2v) is 5.75. The molecular formula is C16H23ClN2O2. The molecule has 1 N–H and O–H groups in total. The van der Waals surface area contributed by atoms with Crippen LogP contribution in [-0.2, 0) is 11.2 Å². The normalized spacial score (nSPS) is 18.0. The fraction of sp³-hybridized carbons (Fsp3) is 0.562. The van der Waals surface area contributed by atoms with Crippen LogP contribution in [0, 0.1) is 0 Å². The summed E-state index contributed by atoms with van der Waals surface area (Å²) in [4.78, 5) is 13.4. The molecule has 0 spiro atoms. The molecule has 1 atom stereocenters. The number of nitrogens with zero attached hydrogens (tertiary/aromatic N) is 1. The molecule has 1 amide bonds. The summed E-state index contributed by atoms with van der Waals surface area (Å²) in [5, 5.41) is 4.29. The first kappa shape index (κ1) is 16.1. The third kappa shape index (κ3) is 5.21. The van der Waals surface area contributed by atoms with Crippen molar-refractivity contribution >= 4 is 17.7 Å². The number of benzene rings is 1. The Morgan fingerprint density at radius 3 is 2.90 bits per heavy atom. The molecule has 0 aromatic heterocycles. The van der Waals surface area contributed by atoms with E-state index in [0.717, 1.165) is 43.9 Å². The highest BCUT2D eigenvalue weighted by molar-refractivity contribution is 6.30. The van der Waals surface area contributed by atoms with Gasteiger partial charge in [-0.1, -0.05) is 23.7 Å². The Bertz CT molecular complexity index is 450. The highest BCUT2D eigenvalue weighted by Crippen LogP contribution is 2.12. The van der Waals surface area contributed by atoms with Crippen LogP contribution in [0.5, 0.6) is 0 Å². The summed E-state index contributed by atoms with van der Waals surface area (Å²) in [6, 6.07) is 8.39. The van der Waals surface area contributed by atoms with Gasteiger partial charge < -0.3 is 15.0 Å². The minimum absolute atomic E-state index is 0.192. The molecular weight excluding hydrogens is 288 g/mol. The van der Waals surface area contributed by atoms with Crippen LogP contribution in [0.2, 0.25) is 5.02 Å². The molecule has 1 aromatic carbocycles. The van der Waals surface area contributed by atoms with Crippen molar-refractivity contribution in [3.05, 3.63) is 34.9 Å². The van der Waals surface area contributed by atoms with E-state index in [1.54, 1.807) is 4.90 Å². The van der Waals surface area contributed by atoms with Gasteiger partial charge >= 0.3 is 6.09 Å². The average molecular weight is 311 g/mol. The number of likely N-dealkylation sites (tertiary alicyclic amines) is 1. The molecule has 1 aliphatic heterocycles. The molecule has 1 aromatic rings. The van der Waals surface area contributed by atoms with Gasteiger partial charge in [0.2, 0.25) is 0 Å². The van der Waals surface area contributed by atoms with Gasteiger partial charge in [-0.05, 0) is 50.4 Å². The number of aryl methyl sites for hydroxylation is 1. The minimum atomic E-state index is -0.192. The van der Waals surface area contributed by atoms with E-state index < -0.39 is 0 Å². The lowest BCUT2D eigenvalue weighted by atomic mass is 10.1. The van der Waals surface area contributed by atoms with Gasteiger partial charge in [-0.15, -0.1) is 0 Å². The largest absolute Gasteiger partial charge is 0.450 e. The van der Waals surface area contributed by atoms with Crippen LogP contribution < -0.4 is 5.32 Å². The van der Waals surface area contributed by atoms with Crippen LogP contribution >= 0.6 is 11.6 Å². The first-order chi connectivity index (χ1) is 10.2. The topological polar surface area (TPSA) is 41.6 Å². The molecule has 0 unspecified atom stereocenters. The van der Waals surface area contributed by atoms with E-state index in [0.29, 0.717) is 12.6 Å². The van der Waals surface area contributed by atoms with Gasteiger partial charge in [0.15, 0.2) is 0 Å². The van der Waals surface area contributed by atoms with E-state index in [1.807, 2.05) is 19.1 Å². The van der Waals surface area contributed by atoms with Gasteiger partial charge in [0.25, 0.3) is 0 Å². The molecule has 0 bridgehead atoms. The molecule has 0 saturated carbocycles. The highest BCUT2D eigenvalue weighted by atomic mass is 35.5. The Morgan fingerprint density at radius 2 is 2.19 bits per heavy atom. The van der Waals surface area contributed by atoms with Crippen molar-refractivity contribution in [2.24, 2.45) is 0 Å². The number of nitrogens with one attached hydrogen (secondary N) is 1. The molecule has 1 saturated heterocycles. The monoisotopic (exact) mass is 310 g/mol. The van der Waals surface area contributed by atoms with Gasteiger partial charge in [0.1, 0.15) is 0 Å². The number of carbonyl (C=O) groups is 1. The zero-order valence-corrected chi connectivity index (χ0v) is 13.2. The summed E-state index contributed by atoms with van der Waals surface area (Å²) >= 11 is 5.87. The zero-order chi connectivity index (χ0) is 15.1. The SMILES string of the molecule is CCOC(=O)N1CC[C@@H](NCCCc2ccc(Cl)cc2)C1. The summed E-state index contributed by atoms with van der Waals surface area (Å²) in [6.45, 7) is 4.77. The standard InChI is InChI=1S/C16H23ClN2O2/c1-2-21-16(20)19-11-9-15(12-19)18-10-3-4-13-5-7-14(17)8-6-13/h5-8,15,18H,2-4,9-12H2,1H3/t15-/m1/s1. The predicted octanol–water partition coefficient (Wildman–Crippen LogP) is 3.09. The summed E-state index contributed by atoms with van der Waals surface area (Å²) < 4.78 is 5.02. The number of halogens is 1. The van der Waals surface area contributed by atoms with Crippen LogP contribution in [0.3, 0.4) is 0 Å². The van der Waals surface area contributed by atoms with E-state index in [2.05, 4.69) is 17.4 Å². The van der Waals surface area contributed by atoms with Crippen molar-refractivity contribution < 1.29 is 9.53 Å². The lowest BCUT2D eigenvalue weighted by Crippen LogP contribution is -2.35. The fourth-order valence-electron chi connectivity index (χ4n) is 2.56. The molecule has 1 fully saturated rings. The van der Waals surface area contributed by atoms with Gasteiger partial charge in [-0.2, -0.15) is 0 Å². The van der Waals surface area contributed by atoms with Crippen LogP contribution in [0.1, 0.15) is 25.3 Å². The molecule has 1 aliphatic rings. The number of rotatable bonds is 6. The smallest absolute Gasteiger partial charge is 0.409 e. The second kappa shape index (κ2) is 8.25. The van der Waals surface area contributed by atoms with Crippen molar-refractivity contribution in [2.45, 2.75) is 32.2 Å². The molecule has 5 heteroatoms. The first-order valence-electron chi connectivity index (χ1n) is 7.58. The quantitative estimate of drug-likeness (QED) is 0.821. The van der Waals surface area contributed by atoms with Gasteiger partial charge in [-0.3, -0.25) is 0 Å². The summed E-state index contributed by atoms with van der Waals surface area (Å²) in [7, 11) is 0. The lowest BCUT2D eigenvalue weighted by molar-refractivity contribution is 0.115. The maximum atomic E-state index is 11.6. The van der Waals surface area contributed by atoms with Crippen molar-refractivity contribution in [3.63, 3.8) is 0 Å². The van der Waals surface area contributed by atoms with Crippen LogP contribution in [0.25, 0.3) is 0 Å². The molecule has 4 nitrogen and oxygen atoms in total. The Hall–Kier alpha value is -1.26.